The Bertz CT molecular complexity index is 970. The first kappa shape index (κ1) is 15.6. The third-order valence-electron chi connectivity index (χ3n) is 4.34. The smallest absolute Gasteiger partial charge is 0.230 e. The van der Waals surface area contributed by atoms with Gasteiger partial charge in [0.05, 0.1) is 18.3 Å². The third kappa shape index (κ3) is 3.20. The van der Waals surface area contributed by atoms with Gasteiger partial charge in [-0.3, -0.25) is 4.68 Å². The highest BCUT2D eigenvalue weighted by molar-refractivity contribution is 5.75. The Hall–Kier alpha value is -2.88. The van der Waals surface area contributed by atoms with Crippen LogP contribution in [0.3, 0.4) is 0 Å². The van der Waals surface area contributed by atoms with Crippen LogP contribution in [0.5, 0.6) is 0 Å². The maximum absolute atomic E-state index is 5.81. The molecule has 0 saturated heterocycles. The molecule has 0 radical (unpaired) electrons. The molecule has 0 amide bonds. The van der Waals surface area contributed by atoms with Gasteiger partial charge in [-0.15, -0.1) is 0 Å². The summed E-state index contributed by atoms with van der Waals surface area (Å²) in [4.78, 5) is 4.52. The molecule has 4 heteroatoms. The van der Waals surface area contributed by atoms with Crippen LogP contribution in [-0.2, 0) is 12.0 Å². The minimum Gasteiger partial charge on any atom is -0.436 e. The lowest BCUT2D eigenvalue weighted by atomic mass is 9.87. The number of aromatic nitrogens is 3. The highest BCUT2D eigenvalue weighted by Crippen LogP contribution is 2.24. The molecule has 2 aromatic carbocycles. The largest absolute Gasteiger partial charge is 0.436 e. The first-order chi connectivity index (χ1) is 12.0. The summed E-state index contributed by atoms with van der Waals surface area (Å²) in [5.41, 5.74) is 5.28. The summed E-state index contributed by atoms with van der Waals surface area (Å²) in [5, 5.41) is 4.45. The predicted octanol–water partition coefficient (Wildman–Crippen LogP) is 5.04. The maximum atomic E-state index is 5.81. The fraction of sp³-hybridized carbons (Fsp3) is 0.238. The summed E-state index contributed by atoms with van der Waals surface area (Å²) in [6, 6.07) is 16.5. The van der Waals surface area contributed by atoms with Crippen molar-refractivity contribution in [2.75, 3.05) is 0 Å². The zero-order chi connectivity index (χ0) is 17.4. The Morgan fingerprint density at radius 3 is 2.48 bits per heavy atom. The van der Waals surface area contributed by atoms with Crippen LogP contribution in [0.4, 0.5) is 0 Å². The number of fused-ring (bicyclic) bond motifs is 1. The molecule has 0 spiro atoms. The van der Waals surface area contributed by atoms with E-state index in [-0.39, 0.29) is 5.41 Å². The summed E-state index contributed by atoms with van der Waals surface area (Å²) >= 11 is 0. The van der Waals surface area contributed by atoms with Gasteiger partial charge in [-0.25, -0.2) is 4.98 Å². The van der Waals surface area contributed by atoms with Gasteiger partial charge < -0.3 is 4.42 Å². The van der Waals surface area contributed by atoms with E-state index < -0.39 is 0 Å². The van der Waals surface area contributed by atoms with Crippen LogP contribution in [0.25, 0.3) is 22.6 Å². The van der Waals surface area contributed by atoms with Gasteiger partial charge in [0, 0.05) is 6.20 Å². The third-order valence-corrected chi connectivity index (χ3v) is 4.34. The number of oxazole rings is 1. The molecule has 0 N–H and O–H groups in total. The number of benzene rings is 2. The van der Waals surface area contributed by atoms with Gasteiger partial charge in [-0.05, 0) is 28.7 Å². The second-order valence-corrected chi connectivity index (χ2v) is 7.36. The summed E-state index contributed by atoms with van der Waals surface area (Å²) in [5.74, 6) is 0.607. The van der Waals surface area contributed by atoms with Crippen molar-refractivity contribution in [3.8, 4) is 11.5 Å². The molecule has 2 heterocycles. The van der Waals surface area contributed by atoms with Crippen LogP contribution in [-0.4, -0.2) is 14.8 Å². The number of hydrogen-bond acceptors (Lipinski definition) is 3. The molecule has 0 aliphatic carbocycles. The summed E-state index contributed by atoms with van der Waals surface area (Å²) < 4.78 is 7.72. The average molecular weight is 331 g/mol. The number of para-hydroxylation sites is 2. The van der Waals surface area contributed by atoms with Gasteiger partial charge in [0.15, 0.2) is 5.58 Å². The number of rotatable bonds is 3. The molecule has 2 aromatic heterocycles. The average Bonchev–Trinajstić information content (AvgIpc) is 3.20. The van der Waals surface area contributed by atoms with Crippen molar-refractivity contribution in [2.45, 2.75) is 32.7 Å². The first-order valence-electron chi connectivity index (χ1n) is 8.47. The summed E-state index contributed by atoms with van der Waals surface area (Å²) in [6.45, 7) is 7.40. The molecule has 0 atom stereocenters. The lowest BCUT2D eigenvalue weighted by Crippen LogP contribution is -2.11. The van der Waals surface area contributed by atoms with Crippen molar-refractivity contribution in [3.63, 3.8) is 0 Å². The van der Waals surface area contributed by atoms with Gasteiger partial charge in [-0.1, -0.05) is 57.2 Å². The Kier molecular flexibility index (Phi) is 3.68. The fourth-order valence-electron chi connectivity index (χ4n) is 2.85. The molecule has 0 aliphatic heterocycles. The van der Waals surface area contributed by atoms with E-state index in [1.807, 2.05) is 35.1 Å². The molecule has 4 rings (SSSR count). The van der Waals surface area contributed by atoms with Gasteiger partial charge in [0.25, 0.3) is 0 Å². The highest BCUT2D eigenvalue weighted by atomic mass is 16.3. The minimum absolute atomic E-state index is 0.171. The Labute approximate surface area is 147 Å². The standard InChI is InChI=1S/C21H21N3O/c1-21(2,3)17-10-8-15(9-11-17)13-24-14-16(12-22-24)20-23-18-6-4-5-7-19(18)25-20/h4-12,14H,13H2,1-3H3. The Morgan fingerprint density at radius 1 is 1.00 bits per heavy atom. The van der Waals surface area contributed by atoms with E-state index in [0.717, 1.165) is 23.2 Å². The molecule has 126 valence electrons. The SMILES string of the molecule is CC(C)(C)c1ccc(Cn2cc(-c3nc4ccccc4o3)cn2)cc1. The lowest BCUT2D eigenvalue weighted by Gasteiger charge is -2.19. The van der Waals surface area contributed by atoms with Crippen LogP contribution in [0.15, 0.2) is 65.3 Å². The summed E-state index contributed by atoms with van der Waals surface area (Å²) in [7, 11) is 0. The molecular weight excluding hydrogens is 310 g/mol. The zero-order valence-corrected chi connectivity index (χ0v) is 14.7. The van der Waals surface area contributed by atoms with Crippen LogP contribution < -0.4 is 0 Å². The van der Waals surface area contributed by atoms with E-state index in [4.69, 9.17) is 4.42 Å². The van der Waals surface area contributed by atoms with E-state index in [0.29, 0.717) is 5.89 Å². The maximum Gasteiger partial charge on any atom is 0.230 e. The van der Waals surface area contributed by atoms with Gasteiger partial charge in [0.2, 0.25) is 5.89 Å². The fourth-order valence-corrected chi connectivity index (χ4v) is 2.85. The molecule has 4 aromatic rings. The van der Waals surface area contributed by atoms with Crippen molar-refractivity contribution in [1.29, 1.82) is 0 Å². The Morgan fingerprint density at radius 2 is 1.76 bits per heavy atom. The van der Waals surface area contributed by atoms with E-state index >= 15 is 0 Å². The zero-order valence-electron chi connectivity index (χ0n) is 14.7. The van der Waals surface area contributed by atoms with Crippen LogP contribution >= 0.6 is 0 Å². The second kappa shape index (κ2) is 5.88. The number of hydrogen-bond donors (Lipinski definition) is 0. The van der Waals surface area contributed by atoms with Crippen LogP contribution in [0.1, 0.15) is 31.9 Å². The van der Waals surface area contributed by atoms with Crippen molar-refractivity contribution in [1.82, 2.24) is 14.8 Å². The van der Waals surface area contributed by atoms with Crippen molar-refractivity contribution < 1.29 is 4.42 Å². The summed E-state index contributed by atoms with van der Waals surface area (Å²) in [6.07, 6.45) is 3.77. The number of nitrogens with zero attached hydrogens (tertiary/aromatic N) is 3. The molecule has 0 fully saturated rings. The molecule has 0 bridgehead atoms. The first-order valence-corrected chi connectivity index (χ1v) is 8.47. The topological polar surface area (TPSA) is 43.9 Å². The van der Waals surface area contributed by atoms with Crippen molar-refractivity contribution in [2.24, 2.45) is 0 Å². The van der Waals surface area contributed by atoms with E-state index in [2.05, 4.69) is 55.1 Å². The molecule has 25 heavy (non-hydrogen) atoms. The molecule has 0 aliphatic rings. The van der Waals surface area contributed by atoms with Crippen LogP contribution in [0, 0.1) is 0 Å². The minimum atomic E-state index is 0.171. The van der Waals surface area contributed by atoms with Crippen molar-refractivity contribution >= 4 is 11.1 Å². The Balaban J connectivity index is 1.55. The lowest BCUT2D eigenvalue weighted by molar-refractivity contribution is 0.589. The molecule has 0 unspecified atom stereocenters. The highest BCUT2D eigenvalue weighted by Gasteiger charge is 2.13. The van der Waals surface area contributed by atoms with E-state index in [1.54, 1.807) is 6.20 Å². The van der Waals surface area contributed by atoms with E-state index in [1.165, 1.54) is 11.1 Å². The molecule has 0 saturated carbocycles. The van der Waals surface area contributed by atoms with Gasteiger partial charge >= 0.3 is 0 Å². The van der Waals surface area contributed by atoms with Crippen molar-refractivity contribution in [3.05, 3.63) is 72.1 Å². The normalized spacial score (nSPS) is 12.0. The van der Waals surface area contributed by atoms with Gasteiger partial charge in [-0.2, -0.15) is 5.10 Å². The predicted molar refractivity (Wildman–Crippen MR) is 99.5 cm³/mol. The molecule has 4 nitrogen and oxygen atoms in total. The second-order valence-electron chi connectivity index (χ2n) is 7.36. The monoisotopic (exact) mass is 331 g/mol. The molecular formula is C21H21N3O. The van der Waals surface area contributed by atoms with Crippen LogP contribution in [0.2, 0.25) is 0 Å². The van der Waals surface area contributed by atoms with E-state index in [9.17, 15) is 0 Å². The quantitative estimate of drug-likeness (QED) is 0.528. The van der Waals surface area contributed by atoms with Gasteiger partial charge in [0.1, 0.15) is 5.52 Å².